The zero-order chi connectivity index (χ0) is 18.8. The predicted octanol–water partition coefficient (Wildman–Crippen LogP) is 3.43. The number of carbonyl (C=O) groups excluding carboxylic acids is 2. The summed E-state index contributed by atoms with van der Waals surface area (Å²) in [6, 6.07) is 8.64. The van der Waals surface area contributed by atoms with Gasteiger partial charge in [-0.2, -0.15) is 0 Å². The van der Waals surface area contributed by atoms with E-state index < -0.39 is 17.7 Å². The average Bonchev–Trinajstić information content (AvgIpc) is 3.23. The number of nitrogens with zero attached hydrogens (tertiary/aromatic N) is 1. The first kappa shape index (κ1) is 18.4. The van der Waals surface area contributed by atoms with Crippen LogP contribution in [-0.2, 0) is 14.3 Å². The van der Waals surface area contributed by atoms with Crippen molar-refractivity contribution < 1.29 is 19.4 Å². The summed E-state index contributed by atoms with van der Waals surface area (Å²) in [5.74, 6) is -1.40. The Balaban J connectivity index is 2.14. The fourth-order valence-corrected chi connectivity index (χ4v) is 3.93. The monoisotopic (exact) mass is 371 g/mol. The van der Waals surface area contributed by atoms with Crippen LogP contribution < -0.4 is 0 Å². The first-order valence-electron chi connectivity index (χ1n) is 8.34. The molecule has 1 aromatic heterocycles. The van der Waals surface area contributed by atoms with E-state index in [1.165, 1.54) is 16.2 Å². The van der Waals surface area contributed by atoms with Gasteiger partial charge in [0.15, 0.2) is 0 Å². The second-order valence-electron chi connectivity index (χ2n) is 6.30. The third-order valence-electron chi connectivity index (χ3n) is 4.67. The SMILES string of the molecule is COCCN1C(=O)C(=O)/C(=C(\O)c2ccc(C)c(C)c2)C1c1cccs1. The predicted molar refractivity (Wildman–Crippen MR) is 101 cm³/mol. The largest absolute Gasteiger partial charge is 0.507 e. The highest BCUT2D eigenvalue weighted by Gasteiger charge is 2.46. The molecule has 1 atom stereocenters. The third kappa shape index (κ3) is 3.18. The van der Waals surface area contributed by atoms with E-state index in [0.717, 1.165) is 16.0 Å². The van der Waals surface area contributed by atoms with Crippen LogP contribution in [0.3, 0.4) is 0 Å². The zero-order valence-electron chi connectivity index (χ0n) is 15.0. The van der Waals surface area contributed by atoms with Gasteiger partial charge in [-0.1, -0.05) is 18.2 Å². The van der Waals surface area contributed by atoms with Crippen molar-refractivity contribution >= 4 is 28.8 Å². The van der Waals surface area contributed by atoms with Crippen molar-refractivity contribution in [2.75, 3.05) is 20.3 Å². The number of likely N-dealkylation sites (tertiary alicyclic amines) is 1. The van der Waals surface area contributed by atoms with E-state index >= 15 is 0 Å². The van der Waals surface area contributed by atoms with Crippen molar-refractivity contribution in [3.8, 4) is 0 Å². The Morgan fingerprint density at radius 1 is 1.23 bits per heavy atom. The molecule has 26 heavy (non-hydrogen) atoms. The molecule has 136 valence electrons. The first-order chi connectivity index (χ1) is 12.5. The lowest BCUT2D eigenvalue weighted by Crippen LogP contribution is -2.32. The quantitative estimate of drug-likeness (QED) is 0.497. The summed E-state index contributed by atoms with van der Waals surface area (Å²) < 4.78 is 5.08. The molecular formula is C20H21NO4S. The minimum absolute atomic E-state index is 0.134. The van der Waals surface area contributed by atoms with E-state index in [0.29, 0.717) is 12.2 Å². The van der Waals surface area contributed by atoms with Crippen molar-refractivity contribution in [2.24, 2.45) is 0 Å². The molecule has 1 aliphatic rings. The van der Waals surface area contributed by atoms with Crippen LogP contribution >= 0.6 is 11.3 Å². The van der Waals surface area contributed by atoms with E-state index in [1.807, 2.05) is 43.5 Å². The molecule has 1 saturated heterocycles. The van der Waals surface area contributed by atoms with E-state index in [9.17, 15) is 14.7 Å². The molecule has 0 spiro atoms. The molecule has 3 rings (SSSR count). The Labute approximate surface area is 156 Å². The van der Waals surface area contributed by atoms with Crippen LogP contribution in [0.5, 0.6) is 0 Å². The maximum atomic E-state index is 12.7. The van der Waals surface area contributed by atoms with Crippen molar-refractivity contribution in [3.63, 3.8) is 0 Å². The van der Waals surface area contributed by atoms with Gasteiger partial charge in [-0.15, -0.1) is 11.3 Å². The molecule has 0 bridgehead atoms. The molecular weight excluding hydrogens is 350 g/mol. The van der Waals surface area contributed by atoms with Crippen LogP contribution in [0.4, 0.5) is 0 Å². The fourth-order valence-electron chi connectivity index (χ4n) is 3.09. The van der Waals surface area contributed by atoms with Crippen LogP contribution in [0, 0.1) is 13.8 Å². The molecule has 0 radical (unpaired) electrons. The van der Waals surface area contributed by atoms with Crippen LogP contribution in [-0.4, -0.2) is 42.0 Å². The van der Waals surface area contributed by atoms with E-state index in [2.05, 4.69) is 0 Å². The number of amides is 1. The topological polar surface area (TPSA) is 66.8 Å². The van der Waals surface area contributed by atoms with Crippen LogP contribution in [0.15, 0.2) is 41.3 Å². The number of aliphatic hydroxyl groups excluding tert-OH is 1. The van der Waals surface area contributed by atoms with Gasteiger partial charge < -0.3 is 14.7 Å². The lowest BCUT2D eigenvalue weighted by atomic mass is 9.98. The van der Waals surface area contributed by atoms with Gasteiger partial charge in [0, 0.05) is 24.1 Å². The number of methoxy groups -OCH3 is 1. The number of benzene rings is 1. The summed E-state index contributed by atoms with van der Waals surface area (Å²) in [7, 11) is 1.55. The standard InChI is InChI=1S/C20H21NO4S/c1-12-6-7-14(11-13(12)2)18(22)16-17(15-5-4-10-26-15)21(8-9-25-3)20(24)19(16)23/h4-7,10-11,17,22H,8-9H2,1-3H3/b18-16-. The number of aliphatic hydroxyl groups is 1. The third-order valence-corrected chi connectivity index (χ3v) is 5.59. The molecule has 1 N–H and O–H groups in total. The van der Waals surface area contributed by atoms with Gasteiger partial charge in [-0.25, -0.2) is 0 Å². The van der Waals surface area contributed by atoms with Crippen LogP contribution in [0.1, 0.15) is 27.6 Å². The molecule has 0 saturated carbocycles. The Morgan fingerprint density at radius 3 is 2.62 bits per heavy atom. The summed E-state index contributed by atoms with van der Waals surface area (Å²) in [4.78, 5) is 27.6. The van der Waals surface area contributed by atoms with Gasteiger partial charge in [0.1, 0.15) is 5.76 Å². The Kier molecular flexibility index (Phi) is 5.25. The highest BCUT2D eigenvalue weighted by molar-refractivity contribution is 7.10. The van der Waals surface area contributed by atoms with Crippen LogP contribution in [0.2, 0.25) is 0 Å². The van der Waals surface area contributed by atoms with Gasteiger partial charge >= 0.3 is 0 Å². The number of aryl methyl sites for hydroxylation is 2. The number of hydrogen-bond donors (Lipinski definition) is 1. The second-order valence-corrected chi connectivity index (χ2v) is 7.28. The Bertz CT molecular complexity index is 870. The minimum Gasteiger partial charge on any atom is -0.507 e. The molecule has 0 aliphatic carbocycles. The summed E-state index contributed by atoms with van der Waals surface area (Å²) in [5, 5.41) is 12.8. The molecule has 6 heteroatoms. The van der Waals surface area contributed by atoms with Gasteiger partial charge in [0.05, 0.1) is 18.2 Å². The summed E-state index contributed by atoms with van der Waals surface area (Å²) in [5.41, 5.74) is 2.78. The average molecular weight is 371 g/mol. The molecule has 2 aromatic rings. The van der Waals surface area contributed by atoms with E-state index in [-0.39, 0.29) is 17.9 Å². The van der Waals surface area contributed by atoms with Crippen molar-refractivity contribution in [1.82, 2.24) is 4.90 Å². The summed E-state index contributed by atoms with van der Waals surface area (Å²) >= 11 is 1.45. The number of rotatable bonds is 5. The number of carbonyl (C=O) groups is 2. The summed E-state index contributed by atoms with van der Waals surface area (Å²) in [6.45, 7) is 4.53. The molecule has 1 fully saturated rings. The Hall–Kier alpha value is -2.44. The first-order valence-corrected chi connectivity index (χ1v) is 9.22. The molecule has 1 aromatic carbocycles. The van der Waals surface area contributed by atoms with Crippen molar-refractivity contribution in [3.05, 3.63) is 62.9 Å². The van der Waals surface area contributed by atoms with Crippen molar-refractivity contribution in [1.29, 1.82) is 0 Å². The lowest BCUT2D eigenvalue weighted by Gasteiger charge is -2.23. The van der Waals surface area contributed by atoms with Crippen molar-refractivity contribution in [2.45, 2.75) is 19.9 Å². The van der Waals surface area contributed by atoms with Gasteiger partial charge in [-0.05, 0) is 42.5 Å². The van der Waals surface area contributed by atoms with Gasteiger partial charge in [-0.3, -0.25) is 9.59 Å². The number of ether oxygens (including phenoxy) is 1. The molecule has 1 unspecified atom stereocenters. The number of ketones is 1. The maximum Gasteiger partial charge on any atom is 0.295 e. The normalized spacial score (nSPS) is 19.3. The van der Waals surface area contributed by atoms with Gasteiger partial charge in [0.25, 0.3) is 11.7 Å². The van der Waals surface area contributed by atoms with E-state index in [1.54, 1.807) is 13.2 Å². The maximum absolute atomic E-state index is 12.7. The zero-order valence-corrected chi connectivity index (χ0v) is 15.8. The lowest BCUT2D eigenvalue weighted by molar-refractivity contribution is -0.140. The Morgan fingerprint density at radius 2 is 2.00 bits per heavy atom. The van der Waals surface area contributed by atoms with Gasteiger partial charge in [0.2, 0.25) is 0 Å². The number of hydrogen-bond acceptors (Lipinski definition) is 5. The fraction of sp³-hybridized carbons (Fsp3) is 0.300. The molecule has 1 aliphatic heterocycles. The molecule has 1 amide bonds. The minimum atomic E-state index is -0.657. The molecule has 5 nitrogen and oxygen atoms in total. The highest BCUT2D eigenvalue weighted by Crippen LogP contribution is 2.40. The summed E-state index contributed by atoms with van der Waals surface area (Å²) in [6.07, 6.45) is 0. The van der Waals surface area contributed by atoms with Crippen LogP contribution in [0.25, 0.3) is 5.76 Å². The second kappa shape index (κ2) is 7.43. The number of Topliss-reactive ketones (excluding diaryl/α,β-unsaturated/α-hetero) is 1. The molecule has 2 heterocycles. The number of thiophene rings is 1. The smallest absolute Gasteiger partial charge is 0.295 e. The highest BCUT2D eigenvalue weighted by atomic mass is 32.1. The van der Waals surface area contributed by atoms with E-state index in [4.69, 9.17) is 4.74 Å².